The van der Waals surface area contributed by atoms with Gasteiger partial charge in [-0.05, 0) is 26.8 Å². The maximum absolute atomic E-state index is 12.0. The van der Waals surface area contributed by atoms with E-state index in [1.165, 1.54) is 4.90 Å². The van der Waals surface area contributed by atoms with Crippen molar-refractivity contribution in [3.8, 4) is 0 Å². The first-order valence-corrected chi connectivity index (χ1v) is 6.74. The highest BCUT2D eigenvalue weighted by Crippen LogP contribution is 2.47. The van der Waals surface area contributed by atoms with Crippen LogP contribution in [0.15, 0.2) is 12.3 Å². The van der Waals surface area contributed by atoms with Crippen molar-refractivity contribution in [3.63, 3.8) is 0 Å². The Morgan fingerprint density at radius 1 is 1.50 bits per heavy atom. The van der Waals surface area contributed by atoms with Gasteiger partial charge in [0, 0.05) is 12.7 Å². The van der Waals surface area contributed by atoms with Crippen LogP contribution in [-0.2, 0) is 14.2 Å². The Labute approximate surface area is 117 Å². The molecule has 20 heavy (non-hydrogen) atoms. The van der Waals surface area contributed by atoms with Gasteiger partial charge in [-0.25, -0.2) is 4.79 Å². The zero-order valence-electron chi connectivity index (χ0n) is 11.8. The fourth-order valence-electron chi connectivity index (χ4n) is 3.18. The summed E-state index contributed by atoms with van der Waals surface area (Å²) in [6, 6.07) is -0.246. The molecule has 0 aliphatic carbocycles. The molecule has 3 aliphatic rings. The molecule has 3 rings (SSSR count). The number of hydrogen-bond acceptors (Lipinski definition) is 5. The summed E-state index contributed by atoms with van der Waals surface area (Å²) in [5.74, 6) is -0.773. The lowest BCUT2D eigenvalue weighted by Crippen LogP contribution is -2.56. The summed E-state index contributed by atoms with van der Waals surface area (Å²) < 4.78 is 17.6. The number of nitrogens with zero attached hydrogens (tertiary/aromatic N) is 1. The Morgan fingerprint density at radius 2 is 2.25 bits per heavy atom. The van der Waals surface area contributed by atoms with Crippen LogP contribution in [0.5, 0.6) is 0 Å². The number of carbonyl (C=O) groups excluding carboxylic acids is 1. The predicted molar refractivity (Wildman–Crippen MR) is 68.6 cm³/mol. The second-order valence-electron chi connectivity index (χ2n) is 5.91. The van der Waals surface area contributed by atoms with Crippen molar-refractivity contribution in [3.05, 3.63) is 12.3 Å². The van der Waals surface area contributed by atoms with Gasteiger partial charge in [0.2, 0.25) is 0 Å². The van der Waals surface area contributed by atoms with E-state index in [1.807, 2.05) is 26.8 Å². The van der Waals surface area contributed by atoms with Crippen molar-refractivity contribution in [2.75, 3.05) is 13.2 Å². The van der Waals surface area contributed by atoms with Gasteiger partial charge in [-0.1, -0.05) is 0 Å². The number of urea groups is 1. The van der Waals surface area contributed by atoms with Gasteiger partial charge in [-0.3, -0.25) is 4.90 Å². The van der Waals surface area contributed by atoms with E-state index in [0.29, 0.717) is 6.54 Å². The van der Waals surface area contributed by atoms with Crippen LogP contribution in [0.2, 0.25) is 0 Å². The quantitative estimate of drug-likeness (QED) is 0.754. The molecule has 0 aromatic heterocycles. The predicted octanol–water partition coefficient (Wildman–Crippen LogP) is 0.153. The van der Waals surface area contributed by atoms with Crippen LogP contribution in [0, 0.1) is 0 Å². The molecular weight excluding hydrogens is 264 g/mol. The Bertz CT molecular complexity index is 452. The van der Waals surface area contributed by atoms with Crippen LogP contribution < -0.4 is 5.32 Å². The van der Waals surface area contributed by atoms with Crippen molar-refractivity contribution in [2.45, 2.75) is 50.6 Å². The van der Waals surface area contributed by atoms with Crippen LogP contribution in [-0.4, -0.2) is 59.0 Å². The smallest absolute Gasteiger partial charge is 0.323 e. The summed E-state index contributed by atoms with van der Waals surface area (Å²) in [5.41, 5.74) is -0.823. The lowest BCUT2D eigenvalue weighted by Gasteiger charge is -2.36. The number of nitrogens with one attached hydrogen (secondary N) is 1. The third-order valence-electron chi connectivity index (χ3n) is 3.88. The number of fused-ring (bicyclic) bond motifs is 1. The molecule has 2 saturated heterocycles. The van der Waals surface area contributed by atoms with E-state index in [2.05, 4.69) is 5.32 Å². The first-order chi connectivity index (χ1) is 9.37. The standard InChI is InChI=1S/C13H20N2O5/c1-12(2)19-9-8(7-16)18-10(13(9,3)20-12)15-6-4-5-14-11(15)17/h4,6,8-10,16H,5,7H2,1-3H3,(H,14,17)/t8-,9-,10?,13-/m1/s1. The third-order valence-corrected chi connectivity index (χ3v) is 3.88. The number of hydrogen-bond donors (Lipinski definition) is 2. The number of ether oxygens (including phenoxy) is 3. The molecule has 0 saturated carbocycles. The summed E-state index contributed by atoms with van der Waals surface area (Å²) in [6.45, 7) is 5.79. The van der Waals surface area contributed by atoms with E-state index < -0.39 is 29.8 Å². The molecule has 2 fully saturated rings. The lowest BCUT2D eigenvalue weighted by atomic mass is 9.96. The second kappa shape index (κ2) is 4.42. The van der Waals surface area contributed by atoms with E-state index in [0.717, 1.165) is 0 Å². The molecule has 2 amide bonds. The molecular formula is C13H20N2O5. The molecule has 0 bridgehead atoms. The van der Waals surface area contributed by atoms with Crippen molar-refractivity contribution in [1.29, 1.82) is 0 Å². The van der Waals surface area contributed by atoms with Gasteiger partial charge in [0.05, 0.1) is 6.61 Å². The number of aliphatic hydroxyl groups is 1. The van der Waals surface area contributed by atoms with Crippen molar-refractivity contribution in [1.82, 2.24) is 10.2 Å². The van der Waals surface area contributed by atoms with E-state index in [4.69, 9.17) is 14.2 Å². The molecule has 3 aliphatic heterocycles. The van der Waals surface area contributed by atoms with E-state index >= 15 is 0 Å². The second-order valence-corrected chi connectivity index (χ2v) is 5.91. The van der Waals surface area contributed by atoms with E-state index in [9.17, 15) is 9.90 Å². The molecule has 0 aromatic carbocycles. The molecule has 7 nitrogen and oxygen atoms in total. The minimum Gasteiger partial charge on any atom is -0.394 e. The zero-order chi connectivity index (χ0) is 14.5. The Morgan fingerprint density at radius 3 is 2.90 bits per heavy atom. The maximum atomic E-state index is 12.0. The van der Waals surface area contributed by atoms with E-state index in [-0.39, 0.29) is 12.6 Å². The van der Waals surface area contributed by atoms with Crippen molar-refractivity contribution in [2.24, 2.45) is 0 Å². The average molecular weight is 284 g/mol. The molecule has 3 heterocycles. The van der Waals surface area contributed by atoms with Gasteiger partial charge >= 0.3 is 6.03 Å². The first-order valence-electron chi connectivity index (χ1n) is 6.74. The minimum absolute atomic E-state index is 0.185. The summed E-state index contributed by atoms with van der Waals surface area (Å²) >= 11 is 0. The highest BCUT2D eigenvalue weighted by Gasteiger charge is 2.65. The highest BCUT2D eigenvalue weighted by atomic mass is 16.8. The SMILES string of the molecule is CC1(C)O[C@@H]2[C@@H](CO)OC(N3C=CCNC3=O)[C@]2(C)O1. The largest absolute Gasteiger partial charge is 0.394 e. The molecule has 1 unspecified atom stereocenters. The van der Waals surface area contributed by atoms with Gasteiger partial charge in [0.15, 0.2) is 12.0 Å². The number of amides is 2. The fraction of sp³-hybridized carbons (Fsp3) is 0.769. The molecule has 7 heteroatoms. The molecule has 2 N–H and O–H groups in total. The molecule has 4 atom stereocenters. The number of rotatable bonds is 2. The number of aliphatic hydroxyl groups excluding tert-OH is 1. The normalized spacial score (nSPS) is 42.7. The monoisotopic (exact) mass is 284 g/mol. The summed E-state index contributed by atoms with van der Waals surface area (Å²) in [7, 11) is 0. The molecule has 112 valence electrons. The average Bonchev–Trinajstić information content (AvgIpc) is 2.76. The highest BCUT2D eigenvalue weighted by molar-refractivity contribution is 5.77. The molecule has 0 radical (unpaired) electrons. The Kier molecular flexibility index (Phi) is 3.06. The van der Waals surface area contributed by atoms with Crippen LogP contribution in [0.4, 0.5) is 4.79 Å². The Balaban J connectivity index is 1.93. The molecule has 0 aromatic rings. The summed E-state index contributed by atoms with van der Waals surface area (Å²) in [4.78, 5) is 13.4. The minimum atomic E-state index is -0.823. The molecule has 0 spiro atoms. The van der Waals surface area contributed by atoms with Crippen LogP contribution >= 0.6 is 0 Å². The third kappa shape index (κ3) is 1.93. The lowest BCUT2D eigenvalue weighted by molar-refractivity contribution is -0.218. The van der Waals surface area contributed by atoms with Crippen molar-refractivity contribution < 1.29 is 24.1 Å². The van der Waals surface area contributed by atoms with Gasteiger partial charge in [-0.15, -0.1) is 0 Å². The van der Waals surface area contributed by atoms with Crippen LogP contribution in [0.1, 0.15) is 20.8 Å². The first kappa shape index (κ1) is 13.8. The van der Waals surface area contributed by atoms with Crippen molar-refractivity contribution >= 4 is 6.03 Å². The maximum Gasteiger partial charge on any atom is 0.323 e. The summed E-state index contributed by atoms with van der Waals surface area (Å²) in [5, 5.41) is 12.2. The van der Waals surface area contributed by atoms with E-state index in [1.54, 1.807) is 6.20 Å². The van der Waals surface area contributed by atoms with Gasteiger partial charge < -0.3 is 24.6 Å². The Hall–Kier alpha value is -1.15. The van der Waals surface area contributed by atoms with Gasteiger partial charge in [0.1, 0.15) is 17.8 Å². The summed E-state index contributed by atoms with van der Waals surface area (Å²) in [6.07, 6.45) is 1.94. The number of carbonyl (C=O) groups is 1. The zero-order valence-corrected chi connectivity index (χ0v) is 11.8. The van der Waals surface area contributed by atoms with Gasteiger partial charge in [-0.2, -0.15) is 0 Å². The van der Waals surface area contributed by atoms with Gasteiger partial charge in [0.25, 0.3) is 0 Å². The van der Waals surface area contributed by atoms with Crippen LogP contribution in [0.3, 0.4) is 0 Å². The fourth-order valence-corrected chi connectivity index (χ4v) is 3.18. The van der Waals surface area contributed by atoms with Crippen LogP contribution in [0.25, 0.3) is 0 Å². The topological polar surface area (TPSA) is 80.3 Å².